The number of benzene rings is 1. The van der Waals surface area contributed by atoms with Gasteiger partial charge in [-0.3, -0.25) is 14.9 Å². The van der Waals surface area contributed by atoms with Crippen LogP contribution in [0.3, 0.4) is 0 Å². The fourth-order valence-corrected chi connectivity index (χ4v) is 4.61. The Hall–Kier alpha value is -2.70. The molecule has 0 saturated heterocycles. The van der Waals surface area contributed by atoms with Crippen molar-refractivity contribution in [1.29, 1.82) is 0 Å². The number of rotatable bonds is 4. The average Bonchev–Trinajstić information content (AvgIpc) is 3.23. The largest absolute Gasteiger partial charge is 0.345 e. The standard InChI is InChI=1S/C22H29N5O2/c28-20(24-18-11-7-10-17(14-18)16-8-3-1-4-9-16)21(29)25-22-23-15-27(26-22)19-12-5-2-6-13-19/h1,3-4,8-9,15,17-19H,2,5-7,10-14H2,(H,24,28)(H,25,26,29). The molecule has 2 unspecified atom stereocenters. The molecule has 2 aliphatic carbocycles. The smallest absolute Gasteiger partial charge is 0.316 e. The maximum atomic E-state index is 12.4. The summed E-state index contributed by atoms with van der Waals surface area (Å²) in [5.74, 6) is -0.696. The minimum atomic E-state index is -0.701. The predicted molar refractivity (Wildman–Crippen MR) is 110 cm³/mol. The Morgan fingerprint density at radius 3 is 2.52 bits per heavy atom. The van der Waals surface area contributed by atoms with Crippen LogP contribution in [0.25, 0.3) is 0 Å². The molecule has 29 heavy (non-hydrogen) atoms. The first-order valence-corrected chi connectivity index (χ1v) is 10.8. The fourth-order valence-electron chi connectivity index (χ4n) is 4.61. The Morgan fingerprint density at radius 2 is 1.72 bits per heavy atom. The van der Waals surface area contributed by atoms with Crippen molar-refractivity contribution >= 4 is 17.8 Å². The molecule has 0 radical (unpaired) electrons. The van der Waals surface area contributed by atoms with Crippen LogP contribution in [0.4, 0.5) is 5.95 Å². The summed E-state index contributed by atoms with van der Waals surface area (Å²) in [5.41, 5.74) is 1.30. The SMILES string of the molecule is O=C(Nc1ncn(C2CCCCC2)n1)C(=O)NC1CCCC(c2ccccc2)C1. The van der Waals surface area contributed by atoms with Crippen LogP contribution in [0, 0.1) is 0 Å². The minimum absolute atomic E-state index is 0.0139. The lowest BCUT2D eigenvalue weighted by Gasteiger charge is -2.29. The van der Waals surface area contributed by atoms with Gasteiger partial charge in [-0.25, -0.2) is 9.67 Å². The third-order valence-electron chi connectivity index (χ3n) is 6.17. The number of amides is 2. The second kappa shape index (κ2) is 9.20. The Morgan fingerprint density at radius 1 is 0.931 bits per heavy atom. The average molecular weight is 396 g/mol. The molecule has 154 valence electrons. The van der Waals surface area contributed by atoms with Crippen molar-refractivity contribution in [3.8, 4) is 0 Å². The summed E-state index contributed by atoms with van der Waals surface area (Å²) in [7, 11) is 0. The lowest BCUT2D eigenvalue weighted by molar-refractivity contribution is -0.136. The summed E-state index contributed by atoms with van der Waals surface area (Å²) in [6.07, 6.45) is 11.4. The summed E-state index contributed by atoms with van der Waals surface area (Å²) >= 11 is 0. The van der Waals surface area contributed by atoms with Crippen molar-refractivity contribution in [3.63, 3.8) is 0 Å². The van der Waals surface area contributed by atoms with Crippen LogP contribution in [0.15, 0.2) is 36.7 Å². The number of aromatic nitrogens is 3. The van der Waals surface area contributed by atoms with E-state index in [4.69, 9.17) is 0 Å². The Labute approximate surface area is 171 Å². The number of anilines is 1. The van der Waals surface area contributed by atoms with Crippen LogP contribution in [0.5, 0.6) is 0 Å². The van der Waals surface area contributed by atoms with Crippen LogP contribution in [0.2, 0.25) is 0 Å². The molecule has 2 fully saturated rings. The molecule has 2 atom stereocenters. The van der Waals surface area contributed by atoms with Crippen LogP contribution < -0.4 is 10.6 Å². The third-order valence-corrected chi connectivity index (χ3v) is 6.17. The van der Waals surface area contributed by atoms with Gasteiger partial charge in [-0.05, 0) is 43.6 Å². The van der Waals surface area contributed by atoms with Gasteiger partial charge in [0.25, 0.3) is 0 Å². The van der Waals surface area contributed by atoms with Gasteiger partial charge in [0.05, 0.1) is 6.04 Å². The normalized spacial score (nSPS) is 22.8. The number of hydrogen-bond acceptors (Lipinski definition) is 4. The molecule has 2 aliphatic rings. The zero-order valence-corrected chi connectivity index (χ0v) is 16.7. The Kier molecular flexibility index (Phi) is 6.22. The molecule has 2 aromatic rings. The summed E-state index contributed by atoms with van der Waals surface area (Å²) in [6, 6.07) is 10.7. The first kappa shape index (κ1) is 19.6. The Balaban J connectivity index is 1.29. The van der Waals surface area contributed by atoms with Crippen LogP contribution in [-0.2, 0) is 9.59 Å². The zero-order valence-electron chi connectivity index (χ0n) is 16.7. The highest BCUT2D eigenvalue weighted by Gasteiger charge is 2.27. The number of hydrogen-bond donors (Lipinski definition) is 2. The Bertz CT molecular complexity index is 829. The quantitative estimate of drug-likeness (QED) is 0.775. The van der Waals surface area contributed by atoms with Crippen molar-refractivity contribution in [1.82, 2.24) is 20.1 Å². The molecule has 0 bridgehead atoms. The molecule has 7 nitrogen and oxygen atoms in total. The van der Waals surface area contributed by atoms with E-state index in [-0.39, 0.29) is 12.0 Å². The number of carbonyl (C=O) groups is 2. The van der Waals surface area contributed by atoms with E-state index in [1.165, 1.54) is 24.8 Å². The van der Waals surface area contributed by atoms with E-state index in [1.807, 2.05) is 22.9 Å². The third kappa shape index (κ3) is 5.02. The molecule has 2 N–H and O–H groups in total. The topological polar surface area (TPSA) is 88.9 Å². The second-order valence-corrected chi connectivity index (χ2v) is 8.24. The monoisotopic (exact) mass is 395 g/mol. The highest BCUT2D eigenvalue weighted by Crippen LogP contribution is 2.32. The molecule has 7 heteroatoms. The van der Waals surface area contributed by atoms with Crippen molar-refractivity contribution in [2.45, 2.75) is 75.8 Å². The lowest BCUT2D eigenvalue weighted by Crippen LogP contribution is -2.43. The van der Waals surface area contributed by atoms with E-state index in [9.17, 15) is 9.59 Å². The molecular formula is C22H29N5O2. The van der Waals surface area contributed by atoms with Gasteiger partial charge >= 0.3 is 11.8 Å². The fraction of sp³-hybridized carbons (Fsp3) is 0.545. The predicted octanol–water partition coefficient (Wildman–Crippen LogP) is 3.56. The van der Waals surface area contributed by atoms with Crippen LogP contribution in [-0.4, -0.2) is 32.6 Å². The molecule has 2 saturated carbocycles. The van der Waals surface area contributed by atoms with Gasteiger partial charge in [0.15, 0.2) is 0 Å². The number of carbonyl (C=O) groups excluding carboxylic acids is 2. The molecule has 1 heterocycles. The molecule has 2 amide bonds. The maximum Gasteiger partial charge on any atom is 0.316 e. The lowest BCUT2D eigenvalue weighted by atomic mass is 9.81. The van der Waals surface area contributed by atoms with Gasteiger partial charge in [-0.15, -0.1) is 5.10 Å². The van der Waals surface area contributed by atoms with Crippen LogP contribution >= 0.6 is 0 Å². The summed E-state index contributed by atoms with van der Waals surface area (Å²) < 4.78 is 1.82. The molecular weight excluding hydrogens is 366 g/mol. The molecule has 0 spiro atoms. The van der Waals surface area contributed by atoms with Crippen molar-refractivity contribution in [3.05, 3.63) is 42.2 Å². The van der Waals surface area contributed by atoms with E-state index in [0.717, 1.165) is 38.5 Å². The molecule has 4 rings (SSSR count). The summed E-state index contributed by atoms with van der Waals surface area (Å²) in [5, 5.41) is 9.78. The van der Waals surface area contributed by atoms with Crippen LogP contribution in [0.1, 0.15) is 75.3 Å². The first-order valence-electron chi connectivity index (χ1n) is 10.8. The van der Waals surface area contributed by atoms with Crippen molar-refractivity contribution < 1.29 is 9.59 Å². The molecule has 0 aliphatic heterocycles. The van der Waals surface area contributed by atoms with Gasteiger partial charge in [0, 0.05) is 6.04 Å². The minimum Gasteiger partial charge on any atom is -0.345 e. The van der Waals surface area contributed by atoms with E-state index >= 15 is 0 Å². The molecule has 1 aromatic carbocycles. The first-order chi connectivity index (χ1) is 14.2. The number of nitrogens with zero attached hydrogens (tertiary/aromatic N) is 3. The van der Waals surface area contributed by atoms with Gasteiger partial charge in [0.2, 0.25) is 5.95 Å². The van der Waals surface area contributed by atoms with E-state index in [1.54, 1.807) is 6.33 Å². The van der Waals surface area contributed by atoms with Gasteiger partial charge < -0.3 is 5.32 Å². The van der Waals surface area contributed by atoms with E-state index in [2.05, 4.69) is 32.8 Å². The molecule has 1 aromatic heterocycles. The highest BCUT2D eigenvalue weighted by molar-refractivity contribution is 6.39. The van der Waals surface area contributed by atoms with E-state index in [0.29, 0.717) is 12.0 Å². The highest BCUT2D eigenvalue weighted by atomic mass is 16.2. The van der Waals surface area contributed by atoms with E-state index < -0.39 is 11.8 Å². The summed E-state index contributed by atoms with van der Waals surface area (Å²) in [6.45, 7) is 0. The second-order valence-electron chi connectivity index (χ2n) is 8.24. The zero-order chi connectivity index (χ0) is 20.1. The van der Waals surface area contributed by atoms with Gasteiger partial charge in [-0.2, -0.15) is 0 Å². The van der Waals surface area contributed by atoms with Crippen molar-refractivity contribution in [2.75, 3.05) is 5.32 Å². The van der Waals surface area contributed by atoms with Gasteiger partial charge in [0.1, 0.15) is 6.33 Å². The maximum absolute atomic E-state index is 12.4. The summed E-state index contributed by atoms with van der Waals surface area (Å²) in [4.78, 5) is 28.8. The van der Waals surface area contributed by atoms with Crippen molar-refractivity contribution in [2.24, 2.45) is 0 Å². The van der Waals surface area contributed by atoms with Gasteiger partial charge in [-0.1, -0.05) is 56.0 Å². The number of nitrogens with one attached hydrogen (secondary N) is 2.